The van der Waals surface area contributed by atoms with E-state index in [1.165, 1.54) is 0 Å². The molecular formula is C21H20N4O4. The molecule has 0 bridgehead atoms. The average molecular weight is 392 g/mol. The van der Waals surface area contributed by atoms with Crippen molar-refractivity contribution in [2.75, 3.05) is 6.54 Å². The van der Waals surface area contributed by atoms with Gasteiger partial charge in [0, 0.05) is 37.5 Å². The second-order valence-corrected chi connectivity index (χ2v) is 6.86. The van der Waals surface area contributed by atoms with Gasteiger partial charge in [0.05, 0.1) is 5.56 Å². The first-order valence-corrected chi connectivity index (χ1v) is 9.42. The van der Waals surface area contributed by atoms with E-state index in [1.807, 2.05) is 12.1 Å². The first-order chi connectivity index (χ1) is 14.1. The summed E-state index contributed by atoms with van der Waals surface area (Å²) >= 11 is 0. The number of carbonyl (C=O) groups excluding carboxylic acids is 2. The molecule has 2 aromatic heterocycles. The fourth-order valence-electron chi connectivity index (χ4n) is 3.18. The molecule has 1 aliphatic heterocycles. The van der Waals surface area contributed by atoms with Gasteiger partial charge in [0.15, 0.2) is 6.10 Å². The number of pyridine rings is 1. The number of ether oxygens (including phenoxy) is 1. The van der Waals surface area contributed by atoms with Crippen LogP contribution in [0, 0.1) is 0 Å². The van der Waals surface area contributed by atoms with Crippen molar-refractivity contribution < 1.29 is 18.8 Å². The van der Waals surface area contributed by atoms with E-state index < -0.39 is 12.1 Å². The molecule has 0 radical (unpaired) electrons. The quantitative estimate of drug-likeness (QED) is 0.594. The minimum atomic E-state index is -0.704. The molecule has 3 heterocycles. The summed E-state index contributed by atoms with van der Waals surface area (Å²) in [6.45, 7) is 2.92. The molecule has 0 saturated carbocycles. The Morgan fingerprint density at radius 3 is 2.97 bits per heavy atom. The van der Waals surface area contributed by atoms with E-state index in [9.17, 15) is 9.59 Å². The van der Waals surface area contributed by atoms with Crippen LogP contribution in [0.15, 0.2) is 53.3 Å². The molecule has 1 unspecified atom stereocenters. The molecule has 8 heteroatoms. The van der Waals surface area contributed by atoms with Gasteiger partial charge in [-0.05, 0) is 43.2 Å². The van der Waals surface area contributed by atoms with Crippen LogP contribution in [0.1, 0.15) is 47.7 Å². The molecule has 1 saturated heterocycles. The summed E-state index contributed by atoms with van der Waals surface area (Å²) in [6, 6.07) is 10.7. The van der Waals surface area contributed by atoms with Crippen LogP contribution in [0.4, 0.5) is 0 Å². The molecule has 148 valence electrons. The maximum atomic E-state index is 12.6. The van der Waals surface area contributed by atoms with Gasteiger partial charge in [0.1, 0.15) is 0 Å². The van der Waals surface area contributed by atoms with Gasteiger partial charge in [0.25, 0.3) is 5.89 Å². The number of benzene rings is 1. The topological polar surface area (TPSA) is 98.4 Å². The third-order valence-corrected chi connectivity index (χ3v) is 4.70. The van der Waals surface area contributed by atoms with Crippen molar-refractivity contribution in [2.24, 2.45) is 0 Å². The van der Waals surface area contributed by atoms with Gasteiger partial charge in [-0.25, -0.2) is 4.79 Å². The van der Waals surface area contributed by atoms with Crippen molar-refractivity contribution in [3.63, 3.8) is 0 Å². The fourth-order valence-corrected chi connectivity index (χ4v) is 3.18. The molecule has 1 amide bonds. The van der Waals surface area contributed by atoms with Gasteiger partial charge in [-0.1, -0.05) is 17.3 Å². The van der Waals surface area contributed by atoms with Crippen molar-refractivity contribution in [3.8, 4) is 11.4 Å². The number of carbonyl (C=O) groups is 2. The van der Waals surface area contributed by atoms with Gasteiger partial charge in [-0.3, -0.25) is 9.78 Å². The van der Waals surface area contributed by atoms with Crippen molar-refractivity contribution in [2.45, 2.75) is 32.4 Å². The van der Waals surface area contributed by atoms with E-state index >= 15 is 0 Å². The minimum Gasteiger partial charge on any atom is -0.449 e. The van der Waals surface area contributed by atoms with Crippen molar-refractivity contribution in [1.29, 1.82) is 0 Å². The standard InChI is InChI=1S/C21H20N4O4/c1-14(20-23-19(24-29-20)17-7-3-9-22-12-17)28-21(27)16-6-2-5-15(11-16)13-25-10-4-8-18(25)26/h2-3,5-7,9,11-12,14H,4,8,10,13H2,1H3. The average Bonchev–Trinajstić information content (AvgIpc) is 3.39. The van der Waals surface area contributed by atoms with E-state index in [-0.39, 0.29) is 11.8 Å². The monoisotopic (exact) mass is 392 g/mol. The number of hydrogen-bond acceptors (Lipinski definition) is 7. The van der Waals surface area contributed by atoms with Gasteiger partial charge in [0.2, 0.25) is 11.7 Å². The molecule has 1 aliphatic rings. The first-order valence-electron chi connectivity index (χ1n) is 9.42. The Labute approximate surface area is 167 Å². The Balaban J connectivity index is 1.42. The van der Waals surface area contributed by atoms with Crippen LogP contribution in [-0.2, 0) is 16.1 Å². The Morgan fingerprint density at radius 2 is 2.21 bits per heavy atom. The van der Waals surface area contributed by atoms with Crippen LogP contribution in [0.5, 0.6) is 0 Å². The predicted octanol–water partition coefficient (Wildman–Crippen LogP) is 3.17. The SMILES string of the molecule is CC(OC(=O)c1cccc(CN2CCCC2=O)c1)c1nc(-c2cccnc2)no1. The van der Waals surface area contributed by atoms with Gasteiger partial charge in [-0.2, -0.15) is 4.98 Å². The molecule has 1 aromatic carbocycles. The van der Waals surface area contributed by atoms with E-state index in [2.05, 4.69) is 15.1 Å². The summed E-state index contributed by atoms with van der Waals surface area (Å²) < 4.78 is 10.7. The zero-order chi connectivity index (χ0) is 20.2. The highest BCUT2D eigenvalue weighted by Crippen LogP contribution is 2.22. The summed E-state index contributed by atoms with van der Waals surface area (Å²) in [5.74, 6) is 0.241. The van der Waals surface area contributed by atoms with Gasteiger partial charge < -0.3 is 14.2 Å². The van der Waals surface area contributed by atoms with Crippen LogP contribution in [0.25, 0.3) is 11.4 Å². The number of esters is 1. The molecule has 0 N–H and O–H groups in total. The molecule has 0 spiro atoms. The lowest BCUT2D eigenvalue weighted by Gasteiger charge is -2.16. The Kier molecular flexibility index (Phi) is 5.33. The maximum absolute atomic E-state index is 12.6. The number of hydrogen-bond donors (Lipinski definition) is 0. The van der Waals surface area contributed by atoms with Crippen molar-refractivity contribution in [3.05, 3.63) is 65.8 Å². The fraction of sp³-hybridized carbons (Fsp3) is 0.286. The smallest absolute Gasteiger partial charge is 0.338 e. The first kappa shape index (κ1) is 18.8. The number of likely N-dealkylation sites (tertiary alicyclic amines) is 1. The zero-order valence-electron chi connectivity index (χ0n) is 15.9. The lowest BCUT2D eigenvalue weighted by atomic mass is 10.1. The molecule has 0 aliphatic carbocycles. The van der Waals surface area contributed by atoms with Crippen molar-refractivity contribution in [1.82, 2.24) is 20.0 Å². The van der Waals surface area contributed by atoms with Gasteiger partial charge in [-0.15, -0.1) is 0 Å². The second kappa shape index (κ2) is 8.22. The maximum Gasteiger partial charge on any atom is 0.338 e. The number of aromatic nitrogens is 3. The molecule has 3 aromatic rings. The van der Waals surface area contributed by atoms with Crippen molar-refractivity contribution >= 4 is 11.9 Å². The van der Waals surface area contributed by atoms with Crippen LogP contribution in [0.2, 0.25) is 0 Å². The molecular weight excluding hydrogens is 372 g/mol. The van der Waals surface area contributed by atoms with E-state index in [4.69, 9.17) is 9.26 Å². The van der Waals surface area contributed by atoms with Gasteiger partial charge >= 0.3 is 5.97 Å². The molecule has 1 fully saturated rings. The summed E-state index contributed by atoms with van der Waals surface area (Å²) in [5, 5.41) is 3.91. The summed E-state index contributed by atoms with van der Waals surface area (Å²) in [6.07, 6.45) is 4.04. The van der Waals surface area contributed by atoms with Crippen LogP contribution >= 0.6 is 0 Å². The number of nitrogens with zero attached hydrogens (tertiary/aromatic N) is 4. The van der Waals surface area contributed by atoms with E-state index in [0.29, 0.717) is 29.9 Å². The lowest BCUT2D eigenvalue weighted by Crippen LogP contribution is -2.24. The molecule has 8 nitrogen and oxygen atoms in total. The third-order valence-electron chi connectivity index (χ3n) is 4.70. The van der Waals surface area contributed by atoms with Crippen LogP contribution in [0.3, 0.4) is 0 Å². The largest absolute Gasteiger partial charge is 0.449 e. The normalized spacial score (nSPS) is 14.8. The Morgan fingerprint density at radius 1 is 1.31 bits per heavy atom. The zero-order valence-corrected chi connectivity index (χ0v) is 15.9. The minimum absolute atomic E-state index is 0.146. The highest BCUT2D eigenvalue weighted by Gasteiger charge is 2.22. The third kappa shape index (κ3) is 4.31. The Hall–Kier alpha value is -3.55. The summed E-state index contributed by atoms with van der Waals surface area (Å²) in [7, 11) is 0. The number of rotatable bonds is 6. The molecule has 29 heavy (non-hydrogen) atoms. The summed E-state index contributed by atoms with van der Waals surface area (Å²) in [5.41, 5.74) is 2.01. The van der Waals surface area contributed by atoms with E-state index in [1.54, 1.807) is 48.5 Å². The predicted molar refractivity (Wildman–Crippen MR) is 102 cm³/mol. The highest BCUT2D eigenvalue weighted by molar-refractivity contribution is 5.89. The van der Waals surface area contributed by atoms with E-state index in [0.717, 1.165) is 18.5 Å². The number of amides is 1. The van der Waals surface area contributed by atoms with Crippen LogP contribution < -0.4 is 0 Å². The Bertz CT molecular complexity index is 1020. The molecule has 1 atom stereocenters. The summed E-state index contributed by atoms with van der Waals surface area (Å²) in [4.78, 5) is 34.5. The second-order valence-electron chi connectivity index (χ2n) is 6.86. The molecule has 4 rings (SSSR count). The lowest BCUT2D eigenvalue weighted by molar-refractivity contribution is -0.128. The highest BCUT2D eigenvalue weighted by atomic mass is 16.6. The van der Waals surface area contributed by atoms with Crippen LogP contribution in [-0.4, -0.2) is 38.4 Å².